The topological polar surface area (TPSA) is 65.9 Å². The minimum Gasteiger partial charge on any atom is -0.466 e. The first-order chi connectivity index (χ1) is 20.7. The van der Waals surface area contributed by atoms with Gasteiger partial charge in [0.2, 0.25) is 0 Å². The fourth-order valence-corrected chi connectivity index (χ4v) is 5.50. The average molecular weight is 624 g/mol. The van der Waals surface area contributed by atoms with Crippen molar-refractivity contribution in [3.63, 3.8) is 0 Å². The number of pyridine rings is 1. The van der Waals surface area contributed by atoms with E-state index in [0.717, 1.165) is 49.4 Å². The molecule has 0 radical (unpaired) electrons. The van der Waals surface area contributed by atoms with Crippen molar-refractivity contribution in [2.75, 3.05) is 26.2 Å². The SMILES string of the molecule is CCOC(=O)C(C)CC1CN(Cc2ccc(-c3ccc(C(O)(C(F)(F)F)C(F)(F)F)cc3)cc2)CCN1Cc1ccncc1. The summed E-state index contributed by atoms with van der Waals surface area (Å²) in [6.07, 6.45) is -7.73. The number of nitrogens with zero attached hydrogens (tertiary/aromatic N) is 3. The van der Waals surface area contributed by atoms with Crippen LogP contribution < -0.4 is 0 Å². The molecule has 6 nitrogen and oxygen atoms in total. The summed E-state index contributed by atoms with van der Waals surface area (Å²) < 4.78 is 84.5. The van der Waals surface area contributed by atoms with Gasteiger partial charge < -0.3 is 9.84 Å². The van der Waals surface area contributed by atoms with E-state index >= 15 is 0 Å². The maximum Gasteiger partial charge on any atom is 0.430 e. The molecule has 1 aromatic heterocycles. The van der Waals surface area contributed by atoms with Crippen LogP contribution in [-0.4, -0.2) is 70.5 Å². The van der Waals surface area contributed by atoms with Crippen LogP contribution in [0.2, 0.25) is 0 Å². The summed E-state index contributed by atoms with van der Waals surface area (Å²) in [6.45, 7) is 7.63. The summed E-state index contributed by atoms with van der Waals surface area (Å²) in [6, 6.07) is 14.8. The summed E-state index contributed by atoms with van der Waals surface area (Å²) in [4.78, 5) is 21.1. The number of aliphatic hydroxyl groups is 1. The molecule has 2 unspecified atom stereocenters. The fraction of sp³-hybridized carbons (Fsp3) is 0.438. The van der Waals surface area contributed by atoms with Crippen LogP contribution in [-0.2, 0) is 28.2 Å². The zero-order chi connectivity index (χ0) is 32.1. The molecule has 1 N–H and O–H groups in total. The minimum absolute atomic E-state index is 0.0983. The quantitative estimate of drug-likeness (QED) is 0.210. The molecule has 2 aromatic carbocycles. The zero-order valence-corrected chi connectivity index (χ0v) is 24.4. The molecule has 238 valence electrons. The lowest BCUT2D eigenvalue weighted by molar-refractivity contribution is -0.376. The number of hydrogen-bond donors (Lipinski definition) is 1. The number of carbonyl (C=O) groups is 1. The second-order valence-corrected chi connectivity index (χ2v) is 11.1. The van der Waals surface area contributed by atoms with Crippen LogP contribution in [0, 0.1) is 5.92 Å². The molecule has 4 rings (SSSR count). The molecule has 1 aliphatic rings. The van der Waals surface area contributed by atoms with Crippen LogP contribution in [0.3, 0.4) is 0 Å². The van der Waals surface area contributed by atoms with Gasteiger partial charge in [-0.25, -0.2) is 0 Å². The van der Waals surface area contributed by atoms with Crippen molar-refractivity contribution in [2.45, 2.75) is 57.4 Å². The van der Waals surface area contributed by atoms with Crippen LogP contribution >= 0.6 is 0 Å². The Morgan fingerprint density at radius 1 is 0.886 bits per heavy atom. The average Bonchev–Trinajstić information content (AvgIpc) is 2.98. The maximum atomic E-state index is 13.2. The lowest BCUT2D eigenvalue weighted by atomic mass is 9.90. The van der Waals surface area contributed by atoms with Gasteiger partial charge >= 0.3 is 18.3 Å². The first-order valence-corrected chi connectivity index (χ1v) is 14.3. The summed E-state index contributed by atoms with van der Waals surface area (Å²) in [7, 11) is 0. The van der Waals surface area contributed by atoms with Gasteiger partial charge in [-0.05, 0) is 47.7 Å². The lowest BCUT2D eigenvalue weighted by Gasteiger charge is -2.42. The van der Waals surface area contributed by atoms with Gasteiger partial charge in [0.15, 0.2) is 0 Å². The number of benzene rings is 2. The highest BCUT2D eigenvalue weighted by molar-refractivity contribution is 5.72. The summed E-state index contributed by atoms with van der Waals surface area (Å²) in [5.41, 5.74) is -3.14. The van der Waals surface area contributed by atoms with E-state index in [0.29, 0.717) is 42.8 Å². The van der Waals surface area contributed by atoms with E-state index in [2.05, 4.69) is 14.8 Å². The normalized spacial score (nSPS) is 17.8. The molecule has 12 heteroatoms. The van der Waals surface area contributed by atoms with Gasteiger partial charge in [-0.3, -0.25) is 19.6 Å². The predicted molar refractivity (Wildman–Crippen MR) is 152 cm³/mol. The molecule has 44 heavy (non-hydrogen) atoms. The van der Waals surface area contributed by atoms with Crippen molar-refractivity contribution in [1.29, 1.82) is 0 Å². The van der Waals surface area contributed by atoms with E-state index in [-0.39, 0.29) is 17.9 Å². The molecule has 1 saturated heterocycles. The molecular formula is C32H35F6N3O3. The molecule has 0 bridgehead atoms. The maximum absolute atomic E-state index is 13.2. The van der Waals surface area contributed by atoms with Gasteiger partial charge in [-0.15, -0.1) is 0 Å². The molecule has 1 fully saturated rings. The Kier molecular flexibility index (Phi) is 10.4. The molecule has 2 heterocycles. The predicted octanol–water partition coefficient (Wildman–Crippen LogP) is 6.34. The zero-order valence-electron chi connectivity index (χ0n) is 24.4. The van der Waals surface area contributed by atoms with Gasteiger partial charge in [0.1, 0.15) is 0 Å². The summed E-state index contributed by atoms with van der Waals surface area (Å²) in [5, 5.41) is 9.63. The number of rotatable bonds is 10. The first-order valence-electron chi connectivity index (χ1n) is 14.3. The summed E-state index contributed by atoms with van der Waals surface area (Å²) in [5.74, 6) is -0.493. The second kappa shape index (κ2) is 13.7. The van der Waals surface area contributed by atoms with Gasteiger partial charge in [-0.1, -0.05) is 55.5 Å². The molecule has 0 spiro atoms. The third-order valence-corrected chi connectivity index (χ3v) is 7.96. The molecule has 0 saturated carbocycles. The van der Waals surface area contributed by atoms with Gasteiger partial charge in [0, 0.05) is 56.7 Å². The number of alkyl halides is 6. The molecule has 1 aliphatic heterocycles. The number of ether oxygens (including phenoxy) is 1. The highest BCUT2D eigenvalue weighted by Crippen LogP contribution is 2.50. The number of halogens is 6. The van der Waals surface area contributed by atoms with E-state index in [9.17, 15) is 36.2 Å². The number of piperazine rings is 1. The van der Waals surface area contributed by atoms with E-state index in [1.807, 2.05) is 31.2 Å². The van der Waals surface area contributed by atoms with Crippen molar-refractivity contribution in [3.8, 4) is 11.1 Å². The fourth-order valence-electron chi connectivity index (χ4n) is 5.50. The van der Waals surface area contributed by atoms with Crippen LogP contribution in [0.15, 0.2) is 73.1 Å². The molecule has 0 amide bonds. The van der Waals surface area contributed by atoms with Crippen LogP contribution in [0.25, 0.3) is 11.1 Å². The van der Waals surface area contributed by atoms with E-state index in [1.54, 1.807) is 31.5 Å². The second-order valence-electron chi connectivity index (χ2n) is 11.1. The minimum atomic E-state index is -5.94. The number of carbonyl (C=O) groups excluding carboxylic acids is 1. The van der Waals surface area contributed by atoms with Gasteiger partial charge in [0.05, 0.1) is 12.5 Å². The standard InChI is InChI=1S/C32H35F6N3O3/c1-3-44-29(42)22(2)18-28-21-40(16-17-41(28)20-24-12-14-39-15-13-24)19-23-4-6-25(7-5-23)26-8-10-27(11-9-26)30(43,31(33,34)35)32(36,37)38/h4-15,22,28,43H,3,16-21H2,1-2H3. The van der Waals surface area contributed by atoms with Crippen molar-refractivity contribution >= 4 is 5.97 Å². The molecule has 3 aromatic rings. The number of hydrogen-bond acceptors (Lipinski definition) is 6. The lowest BCUT2D eigenvalue weighted by Crippen LogP contribution is -2.53. The Morgan fingerprint density at radius 3 is 1.98 bits per heavy atom. The third-order valence-electron chi connectivity index (χ3n) is 7.96. The Bertz CT molecular complexity index is 1350. The van der Waals surface area contributed by atoms with Crippen LogP contribution in [0.4, 0.5) is 26.3 Å². The van der Waals surface area contributed by atoms with Crippen molar-refractivity contribution in [2.24, 2.45) is 5.92 Å². The Balaban J connectivity index is 1.44. The van der Waals surface area contributed by atoms with Crippen molar-refractivity contribution in [3.05, 3.63) is 89.7 Å². The first kappa shape index (κ1) is 33.4. The smallest absolute Gasteiger partial charge is 0.430 e. The third kappa shape index (κ3) is 7.59. The Hall–Kier alpha value is -3.48. The van der Waals surface area contributed by atoms with Crippen molar-refractivity contribution in [1.82, 2.24) is 14.8 Å². The Morgan fingerprint density at radius 2 is 1.43 bits per heavy atom. The molecule has 2 atom stereocenters. The van der Waals surface area contributed by atoms with E-state index in [4.69, 9.17) is 4.74 Å². The summed E-state index contributed by atoms with van der Waals surface area (Å²) >= 11 is 0. The van der Waals surface area contributed by atoms with E-state index < -0.39 is 23.5 Å². The van der Waals surface area contributed by atoms with E-state index in [1.165, 1.54) is 0 Å². The largest absolute Gasteiger partial charge is 0.466 e. The van der Waals surface area contributed by atoms with Crippen molar-refractivity contribution < 1.29 is 41.0 Å². The number of aromatic nitrogens is 1. The Labute approximate surface area is 252 Å². The molecule has 0 aliphatic carbocycles. The highest BCUT2D eigenvalue weighted by Gasteiger charge is 2.71. The van der Waals surface area contributed by atoms with Crippen LogP contribution in [0.5, 0.6) is 0 Å². The van der Waals surface area contributed by atoms with Gasteiger partial charge in [0.25, 0.3) is 5.60 Å². The number of esters is 1. The monoisotopic (exact) mass is 623 g/mol. The van der Waals surface area contributed by atoms with Crippen LogP contribution in [0.1, 0.15) is 37.0 Å². The highest BCUT2D eigenvalue weighted by atomic mass is 19.4. The molecular weight excluding hydrogens is 588 g/mol. The van der Waals surface area contributed by atoms with Gasteiger partial charge in [-0.2, -0.15) is 26.3 Å².